The second-order valence-corrected chi connectivity index (χ2v) is 7.52. The Morgan fingerprint density at radius 1 is 0.926 bits per heavy atom. The Morgan fingerprint density at radius 2 is 1.78 bits per heavy atom. The standard InChI is InChI=1S/C23H25NO3/c1-2-5-17(6-3-1)14-24-20-11-19(12-21(24)16-25-15-20)18-7-8-22-23(13-18)27-10-4-9-26-22/h1-3,5-8,11,13,20-21H,4,9-10,12,14-16H2. The highest BCUT2D eigenvalue weighted by Gasteiger charge is 2.35. The van der Waals surface area contributed by atoms with E-state index >= 15 is 0 Å². The SMILES string of the molecule is C1=C(c2ccc3c(c2)OCCCO3)CC2COCC1N2Cc1ccccc1. The van der Waals surface area contributed by atoms with Crippen LogP contribution in [-0.2, 0) is 11.3 Å². The van der Waals surface area contributed by atoms with Gasteiger partial charge in [0.25, 0.3) is 0 Å². The van der Waals surface area contributed by atoms with Crippen LogP contribution in [0.3, 0.4) is 0 Å². The van der Waals surface area contributed by atoms with Gasteiger partial charge in [0.15, 0.2) is 11.5 Å². The summed E-state index contributed by atoms with van der Waals surface area (Å²) in [6.07, 6.45) is 4.32. The number of hydrogen-bond acceptors (Lipinski definition) is 4. The van der Waals surface area contributed by atoms with Crippen molar-refractivity contribution >= 4 is 5.57 Å². The second-order valence-electron chi connectivity index (χ2n) is 7.52. The van der Waals surface area contributed by atoms with Crippen molar-refractivity contribution in [2.75, 3.05) is 26.4 Å². The average Bonchev–Trinajstić information content (AvgIpc) is 2.93. The molecule has 0 aromatic heterocycles. The first kappa shape index (κ1) is 16.8. The van der Waals surface area contributed by atoms with Crippen molar-refractivity contribution in [2.45, 2.75) is 31.5 Å². The summed E-state index contributed by atoms with van der Waals surface area (Å²) in [5.41, 5.74) is 4.01. The highest BCUT2D eigenvalue weighted by Crippen LogP contribution is 2.37. The van der Waals surface area contributed by atoms with Crippen molar-refractivity contribution in [3.8, 4) is 11.5 Å². The summed E-state index contributed by atoms with van der Waals surface area (Å²) in [4.78, 5) is 2.59. The molecule has 4 heteroatoms. The van der Waals surface area contributed by atoms with Crippen LogP contribution in [0.4, 0.5) is 0 Å². The zero-order valence-electron chi connectivity index (χ0n) is 15.5. The molecule has 4 nitrogen and oxygen atoms in total. The smallest absolute Gasteiger partial charge is 0.161 e. The van der Waals surface area contributed by atoms with Gasteiger partial charge in [-0.25, -0.2) is 0 Å². The molecule has 2 atom stereocenters. The quantitative estimate of drug-likeness (QED) is 0.827. The first-order valence-electron chi connectivity index (χ1n) is 9.85. The van der Waals surface area contributed by atoms with Crippen LogP contribution in [0.15, 0.2) is 54.6 Å². The molecule has 2 aromatic rings. The Kier molecular flexibility index (Phi) is 4.60. The van der Waals surface area contributed by atoms with Crippen molar-refractivity contribution < 1.29 is 14.2 Å². The number of hydrogen-bond donors (Lipinski definition) is 0. The van der Waals surface area contributed by atoms with Gasteiger partial charge in [0.2, 0.25) is 0 Å². The second kappa shape index (κ2) is 7.37. The van der Waals surface area contributed by atoms with E-state index in [4.69, 9.17) is 14.2 Å². The lowest BCUT2D eigenvalue weighted by molar-refractivity contribution is -0.0402. The Balaban J connectivity index is 1.41. The van der Waals surface area contributed by atoms with Crippen LogP contribution in [-0.4, -0.2) is 43.4 Å². The van der Waals surface area contributed by atoms with Crippen molar-refractivity contribution in [3.63, 3.8) is 0 Å². The van der Waals surface area contributed by atoms with Crippen molar-refractivity contribution in [1.82, 2.24) is 4.90 Å². The topological polar surface area (TPSA) is 30.9 Å². The maximum atomic E-state index is 5.89. The fourth-order valence-electron chi connectivity index (χ4n) is 4.28. The average molecular weight is 363 g/mol. The first-order chi connectivity index (χ1) is 13.4. The van der Waals surface area contributed by atoms with Gasteiger partial charge in [-0.15, -0.1) is 0 Å². The van der Waals surface area contributed by atoms with Crippen molar-refractivity contribution in [1.29, 1.82) is 0 Å². The van der Waals surface area contributed by atoms with Crippen molar-refractivity contribution in [2.24, 2.45) is 0 Å². The number of rotatable bonds is 3. The fourth-order valence-corrected chi connectivity index (χ4v) is 4.28. The van der Waals surface area contributed by atoms with E-state index in [1.807, 2.05) is 0 Å². The highest BCUT2D eigenvalue weighted by molar-refractivity contribution is 5.70. The maximum absolute atomic E-state index is 5.89. The van der Waals surface area contributed by atoms with Gasteiger partial charge in [-0.05, 0) is 35.3 Å². The molecule has 0 aliphatic carbocycles. The lowest BCUT2D eigenvalue weighted by Crippen LogP contribution is -2.53. The number of morpholine rings is 1. The van der Waals surface area contributed by atoms with Crippen molar-refractivity contribution in [3.05, 3.63) is 65.7 Å². The van der Waals surface area contributed by atoms with Gasteiger partial charge >= 0.3 is 0 Å². The van der Waals surface area contributed by atoms with Gasteiger partial charge < -0.3 is 14.2 Å². The summed E-state index contributed by atoms with van der Waals surface area (Å²) in [7, 11) is 0. The third kappa shape index (κ3) is 3.47. The van der Waals surface area contributed by atoms with E-state index in [9.17, 15) is 0 Å². The maximum Gasteiger partial charge on any atom is 0.161 e. The fraction of sp³-hybridized carbons (Fsp3) is 0.391. The van der Waals surface area contributed by atoms with Gasteiger partial charge in [0, 0.05) is 19.0 Å². The molecule has 1 fully saturated rings. The van der Waals surface area contributed by atoms with E-state index in [2.05, 4.69) is 59.5 Å². The molecule has 3 heterocycles. The molecule has 140 valence electrons. The predicted molar refractivity (Wildman–Crippen MR) is 105 cm³/mol. The molecule has 0 saturated carbocycles. The molecular weight excluding hydrogens is 338 g/mol. The largest absolute Gasteiger partial charge is 0.490 e. The molecule has 3 aliphatic heterocycles. The summed E-state index contributed by atoms with van der Waals surface area (Å²) in [6, 6.07) is 17.8. The number of ether oxygens (including phenoxy) is 3. The van der Waals surface area contributed by atoms with Gasteiger partial charge in [-0.3, -0.25) is 4.90 Å². The number of benzene rings is 2. The van der Waals surface area contributed by atoms with E-state index < -0.39 is 0 Å². The Bertz CT molecular complexity index is 833. The molecule has 0 amide bonds. The Labute approximate surface area is 160 Å². The van der Waals surface area contributed by atoms with E-state index in [1.165, 1.54) is 16.7 Å². The summed E-state index contributed by atoms with van der Waals surface area (Å²) in [5.74, 6) is 1.74. The minimum atomic E-state index is 0.323. The summed E-state index contributed by atoms with van der Waals surface area (Å²) in [6.45, 7) is 3.98. The Hall–Kier alpha value is -2.30. The molecule has 5 rings (SSSR count). The molecule has 2 unspecified atom stereocenters. The van der Waals surface area contributed by atoms with Gasteiger partial charge in [0.05, 0.1) is 32.5 Å². The zero-order chi connectivity index (χ0) is 18.1. The van der Waals surface area contributed by atoms with Crippen LogP contribution in [0.25, 0.3) is 5.57 Å². The zero-order valence-corrected chi connectivity index (χ0v) is 15.5. The van der Waals surface area contributed by atoms with Crippen LogP contribution >= 0.6 is 0 Å². The molecule has 0 spiro atoms. The summed E-state index contributed by atoms with van der Waals surface area (Å²) in [5, 5.41) is 0. The van der Waals surface area contributed by atoms with Gasteiger partial charge in [-0.2, -0.15) is 0 Å². The third-order valence-electron chi connectivity index (χ3n) is 5.67. The van der Waals surface area contributed by atoms with Crippen LogP contribution in [0.2, 0.25) is 0 Å². The molecule has 27 heavy (non-hydrogen) atoms. The molecule has 0 N–H and O–H groups in total. The van der Waals surface area contributed by atoms with Crippen LogP contribution in [0, 0.1) is 0 Å². The molecule has 2 aromatic carbocycles. The molecule has 2 bridgehead atoms. The summed E-state index contributed by atoms with van der Waals surface area (Å²) >= 11 is 0. The molecule has 3 aliphatic rings. The van der Waals surface area contributed by atoms with E-state index in [1.54, 1.807) is 0 Å². The van der Waals surface area contributed by atoms with Gasteiger partial charge in [-0.1, -0.05) is 42.5 Å². The highest BCUT2D eigenvalue weighted by atomic mass is 16.5. The lowest BCUT2D eigenvalue weighted by Gasteiger charge is -2.45. The summed E-state index contributed by atoms with van der Waals surface area (Å²) < 4.78 is 17.5. The minimum absolute atomic E-state index is 0.323. The lowest BCUT2D eigenvalue weighted by atomic mass is 9.89. The molecule has 1 saturated heterocycles. The van der Waals surface area contributed by atoms with Crippen LogP contribution in [0.5, 0.6) is 11.5 Å². The molecular formula is C23H25NO3. The number of nitrogens with zero attached hydrogens (tertiary/aromatic N) is 1. The number of fused-ring (bicyclic) bond motifs is 3. The van der Waals surface area contributed by atoms with E-state index in [0.29, 0.717) is 12.1 Å². The normalized spacial score (nSPS) is 24.8. The Morgan fingerprint density at radius 3 is 2.63 bits per heavy atom. The molecule has 0 radical (unpaired) electrons. The van der Waals surface area contributed by atoms with Crippen LogP contribution in [0.1, 0.15) is 24.0 Å². The third-order valence-corrected chi connectivity index (χ3v) is 5.67. The van der Waals surface area contributed by atoms with E-state index in [0.717, 1.165) is 57.3 Å². The van der Waals surface area contributed by atoms with E-state index in [-0.39, 0.29) is 0 Å². The first-order valence-corrected chi connectivity index (χ1v) is 9.85. The predicted octanol–water partition coefficient (Wildman–Crippen LogP) is 3.90. The monoisotopic (exact) mass is 363 g/mol. The minimum Gasteiger partial charge on any atom is -0.490 e. The van der Waals surface area contributed by atoms with Crippen LogP contribution < -0.4 is 9.47 Å². The van der Waals surface area contributed by atoms with Gasteiger partial charge in [0.1, 0.15) is 0 Å².